The zero-order valence-corrected chi connectivity index (χ0v) is 17.9. The van der Waals surface area contributed by atoms with E-state index in [0.717, 1.165) is 26.1 Å². The summed E-state index contributed by atoms with van der Waals surface area (Å²) in [6, 6.07) is 15.8. The number of anilines is 1. The van der Waals surface area contributed by atoms with Crippen molar-refractivity contribution in [3.63, 3.8) is 0 Å². The fourth-order valence-electron chi connectivity index (χ4n) is 4.64. The lowest BCUT2D eigenvalue weighted by atomic mass is 10.2. The Hall–Kier alpha value is -2.61. The highest BCUT2D eigenvalue weighted by Gasteiger charge is 2.42. The van der Waals surface area contributed by atoms with Crippen LogP contribution in [0.15, 0.2) is 54.6 Å². The number of piperazine rings is 1. The third-order valence-corrected chi connectivity index (χ3v) is 6.41. The Balaban J connectivity index is 1.16. The molecule has 2 fully saturated rings. The molecule has 4 rings (SSSR count). The molecule has 0 bridgehead atoms. The molecule has 2 aromatic rings. The summed E-state index contributed by atoms with van der Waals surface area (Å²) in [7, 11) is 0. The van der Waals surface area contributed by atoms with Crippen molar-refractivity contribution in [3.05, 3.63) is 66.0 Å². The minimum absolute atomic E-state index is 0.193. The second kappa shape index (κ2) is 10.1. The summed E-state index contributed by atoms with van der Waals surface area (Å²) in [6.07, 6.45) is 1.24. The molecule has 6 nitrogen and oxygen atoms in total. The van der Waals surface area contributed by atoms with E-state index in [-0.39, 0.29) is 30.1 Å². The van der Waals surface area contributed by atoms with Crippen molar-refractivity contribution in [1.29, 1.82) is 0 Å². The molecule has 1 atom stereocenters. The van der Waals surface area contributed by atoms with Gasteiger partial charge in [-0.2, -0.15) is 0 Å². The normalized spacial score (nSPS) is 24.0. The third kappa shape index (κ3) is 5.55. The average Bonchev–Trinajstić information content (AvgIpc) is 3.07. The molecule has 0 aliphatic carbocycles. The highest BCUT2D eigenvalue weighted by molar-refractivity contribution is 6.21. The SMILES string of the molecule is O=C1C[C@H]([NH2+]CCC[NH+]2CC[NH+](Cc3ccccc3)CC2)C(=O)N1c1ccc(F)cc1. The summed E-state index contributed by atoms with van der Waals surface area (Å²) in [6.45, 7) is 7.79. The third-order valence-electron chi connectivity index (χ3n) is 6.41. The van der Waals surface area contributed by atoms with Gasteiger partial charge in [-0.05, 0) is 24.3 Å². The number of amides is 2. The van der Waals surface area contributed by atoms with Gasteiger partial charge in [0.05, 0.1) is 25.2 Å². The summed E-state index contributed by atoms with van der Waals surface area (Å²) < 4.78 is 13.1. The van der Waals surface area contributed by atoms with Gasteiger partial charge < -0.3 is 15.1 Å². The van der Waals surface area contributed by atoms with Crippen LogP contribution in [0.5, 0.6) is 0 Å². The quantitative estimate of drug-likeness (QED) is 0.351. The van der Waals surface area contributed by atoms with Crippen LogP contribution < -0.4 is 20.0 Å². The Morgan fingerprint density at radius 1 is 0.935 bits per heavy atom. The van der Waals surface area contributed by atoms with Gasteiger partial charge in [0.1, 0.15) is 38.5 Å². The fourth-order valence-corrected chi connectivity index (χ4v) is 4.64. The summed E-state index contributed by atoms with van der Waals surface area (Å²) in [5.74, 6) is -0.779. The van der Waals surface area contributed by atoms with Crippen LogP contribution >= 0.6 is 0 Å². The molecular formula is C24H32FN4O2+3. The molecule has 2 aliphatic heterocycles. The average molecular weight is 428 g/mol. The lowest BCUT2D eigenvalue weighted by Gasteiger charge is -2.29. The van der Waals surface area contributed by atoms with Crippen molar-refractivity contribution in [1.82, 2.24) is 0 Å². The Morgan fingerprint density at radius 3 is 2.32 bits per heavy atom. The van der Waals surface area contributed by atoms with Gasteiger partial charge in [0.15, 0.2) is 6.04 Å². The van der Waals surface area contributed by atoms with E-state index in [1.165, 1.54) is 60.9 Å². The minimum Gasteiger partial charge on any atom is -0.335 e. The van der Waals surface area contributed by atoms with E-state index < -0.39 is 0 Å². The van der Waals surface area contributed by atoms with Crippen LogP contribution in [0.4, 0.5) is 10.1 Å². The smallest absolute Gasteiger partial charge is 0.292 e. The molecule has 2 heterocycles. The summed E-state index contributed by atoms with van der Waals surface area (Å²) >= 11 is 0. The second-order valence-corrected chi connectivity index (χ2v) is 8.64. The lowest BCUT2D eigenvalue weighted by molar-refractivity contribution is -1.02. The maximum atomic E-state index is 13.1. The van der Waals surface area contributed by atoms with Gasteiger partial charge in [-0.1, -0.05) is 30.3 Å². The molecule has 0 unspecified atom stereocenters. The van der Waals surface area contributed by atoms with E-state index in [1.807, 2.05) is 5.32 Å². The van der Waals surface area contributed by atoms with Crippen LogP contribution in [0, 0.1) is 5.82 Å². The Bertz CT molecular complexity index is 882. The summed E-state index contributed by atoms with van der Waals surface area (Å²) in [4.78, 5) is 29.4. The highest BCUT2D eigenvalue weighted by atomic mass is 19.1. The zero-order chi connectivity index (χ0) is 21.6. The number of nitrogens with two attached hydrogens (primary N) is 1. The summed E-state index contributed by atoms with van der Waals surface area (Å²) in [5.41, 5.74) is 1.86. The summed E-state index contributed by atoms with van der Waals surface area (Å²) in [5, 5.41) is 2.00. The van der Waals surface area contributed by atoms with Crippen molar-refractivity contribution in [2.45, 2.75) is 25.4 Å². The molecule has 2 amide bonds. The van der Waals surface area contributed by atoms with Crippen molar-refractivity contribution in [2.75, 3.05) is 44.2 Å². The van der Waals surface area contributed by atoms with Crippen molar-refractivity contribution in [2.24, 2.45) is 0 Å². The van der Waals surface area contributed by atoms with E-state index >= 15 is 0 Å². The van der Waals surface area contributed by atoms with Crippen LogP contribution in [-0.2, 0) is 16.1 Å². The maximum absolute atomic E-state index is 13.1. The van der Waals surface area contributed by atoms with Gasteiger partial charge >= 0.3 is 0 Å². The number of carbonyl (C=O) groups excluding carboxylic acids is 2. The largest absolute Gasteiger partial charge is 0.335 e. The molecule has 2 saturated heterocycles. The molecule has 2 aliphatic rings. The number of hydrogen-bond acceptors (Lipinski definition) is 2. The molecule has 31 heavy (non-hydrogen) atoms. The zero-order valence-electron chi connectivity index (χ0n) is 17.9. The first-order chi connectivity index (χ1) is 15.1. The highest BCUT2D eigenvalue weighted by Crippen LogP contribution is 2.21. The Morgan fingerprint density at radius 2 is 1.61 bits per heavy atom. The molecule has 2 aromatic carbocycles. The predicted octanol–water partition coefficient (Wildman–Crippen LogP) is -1.61. The van der Waals surface area contributed by atoms with Gasteiger partial charge in [-0.15, -0.1) is 0 Å². The van der Waals surface area contributed by atoms with E-state index in [4.69, 9.17) is 0 Å². The number of quaternary nitrogens is 3. The number of hydrogen-bond donors (Lipinski definition) is 3. The maximum Gasteiger partial charge on any atom is 0.292 e. The van der Waals surface area contributed by atoms with Gasteiger partial charge in [-0.25, -0.2) is 9.29 Å². The topological polar surface area (TPSA) is 62.9 Å². The number of nitrogens with one attached hydrogen (secondary N) is 2. The molecular weight excluding hydrogens is 395 g/mol. The predicted molar refractivity (Wildman–Crippen MR) is 115 cm³/mol. The number of benzene rings is 2. The van der Waals surface area contributed by atoms with Crippen LogP contribution in [-0.4, -0.2) is 57.1 Å². The van der Waals surface area contributed by atoms with Gasteiger partial charge in [0, 0.05) is 12.0 Å². The molecule has 164 valence electrons. The molecule has 0 spiro atoms. The molecule has 4 N–H and O–H groups in total. The van der Waals surface area contributed by atoms with Gasteiger partial charge in [-0.3, -0.25) is 9.59 Å². The van der Waals surface area contributed by atoms with E-state index in [0.29, 0.717) is 5.69 Å². The van der Waals surface area contributed by atoms with E-state index in [2.05, 4.69) is 30.3 Å². The van der Waals surface area contributed by atoms with Crippen molar-refractivity contribution >= 4 is 17.5 Å². The minimum atomic E-state index is -0.379. The van der Waals surface area contributed by atoms with E-state index in [9.17, 15) is 14.0 Å². The first-order valence-corrected chi connectivity index (χ1v) is 11.3. The van der Waals surface area contributed by atoms with Crippen molar-refractivity contribution < 1.29 is 29.1 Å². The van der Waals surface area contributed by atoms with E-state index in [1.54, 1.807) is 9.80 Å². The first kappa shape index (κ1) is 21.6. The van der Waals surface area contributed by atoms with Gasteiger partial charge in [0.2, 0.25) is 5.91 Å². The number of halogens is 1. The number of nitrogens with zero attached hydrogens (tertiary/aromatic N) is 1. The van der Waals surface area contributed by atoms with Crippen LogP contribution in [0.25, 0.3) is 0 Å². The van der Waals surface area contributed by atoms with Gasteiger partial charge in [0.25, 0.3) is 5.91 Å². The van der Waals surface area contributed by atoms with Crippen molar-refractivity contribution in [3.8, 4) is 0 Å². The first-order valence-electron chi connectivity index (χ1n) is 11.3. The Labute approximate surface area is 182 Å². The number of rotatable bonds is 8. The van der Waals surface area contributed by atoms with Crippen LogP contribution in [0.1, 0.15) is 18.4 Å². The standard InChI is InChI=1S/C24H29FN4O2/c25-20-7-9-21(10-8-20)29-23(30)17-22(24(29)31)26-11-4-12-27-13-15-28(16-14-27)18-19-5-2-1-3-6-19/h1-3,5-10,22,26H,4,11-18H2/p+3/t22-/m0/s1. The molecule has 7 heteroatoms. The van der Waals surface area contributed by atoms with Crippen LogP contribution in [0.2, 0.25) is 0 Å². The number of carbonyl (C=O) groups is 2. The van der Waals surface area contributed by atoms with Crippen LogP contribution in [0.3, 0.4) is 0 Å². The Kier molecular flexibility index (Phi) is 7.06. The monoisotopic (exact) mass is 427 g/mol. The molecule has 0 radical (unpaired) electrons. The number of imide groups is 1. The fraction of sp³-hybridized carbons (Fsp3) is 0.417. The lowest BCUT2D eigenvalue weighted by Crippen LogP contribution is -3.27. The second-order valence-electron chi connectivity index (χ2n) is 8.64. The molecule has 0 aromatic heterocycles. The molecule has 0 saturated carbocycles.